The number of hydrogen-bond acceptors (Lipinski definition) is 4. The minimum absolute atomic E-state index is 0.0254. The van der Waals surface area contributed by atoms with E-state index in [1.807, 2.05) is 18.2 Å². The van der Waals surface area contributed by atoms with Crippen molar-refractivity contribution >= 4 is 8.32 Å². The lowest BCUT2D eigenvalue weighted by molar-refractivity contribution is -0.148. The van der Waals surface area contributed by atoms with Crippen molar-refractivity contribution < 1.29 is 18.6 Å². The van der Waals surface area contributed by atoms with Gasteiger partial charge in [0.05, 0.1) is 18.8 Å². The van der Waals surface area contributed by atoms with Gasteiger partial charge in [-0.2, -0.15) is 0 Å². The molecule has 27 heavy (non-hydrogen) atoms. The fourth-order valence-electron chi connectivity index (χ4n) is 3.51. The molecule has 0 unspecified atom stereocenters. The molecule has 0 aromatic heterocycles. The molecule has 0 heterocycles. The van der Waals surface area contributed by atoms with E-state index in [0.29, 0.717) is 12.5 Å². The van der Waals surface area contributed by atoms with Crippen LogP contribution in [0.25, 0.3) is 0 Å². The Kier molecular flexibility index (Phi) is 8.07. The van der Waals surface area contributed by atoms with Crippen molar-refractivity contribution in [3.05, 3.63) is 35.9 Å². The van der Waals surface area contributed by atoms with Gasteiger partial charge in [0.25, 0.3) is 0 Å². The number of hydrogen-bond donors (Lipinski definition) is 0. The maximum atomic E-state index is 6.83. The molecule has 0 spiro atoms. The molecule has 1 aromatic rings. The van der Waals surface area contributed by atoms with E-state index in [9.17, 15) is 0 Å². The quantitative estimate of drug-likeness (QED) is 0.579. The molecule has 0 bridgehead atoms. The van der Waals surface area contributed by atoms with Gasteiger partial charge in [-0.25, -0.2) is 0 Å². The van der Waals surface area contributed by atoms with Crippen molar-refractivity contribution in [1.82, 2.24) is 0 Å². The highest BCUT2D eigenvalue weighted by Gasteiger charge is 2.45. The Labute approximate surface area is 166 Å². The van der Waals surface area contributed by atoms with Gasteiger partial charge in [-0.3, -0.25) is 0 Å². The summed E-state index contributed by atoms with van der Waals surface area (Å²) >= 11 is 0. The molecule has 154 valence electrons. The Morgan fingerprint density at radius 1 is 1.00 bits per heavy atom. The van der Waals surface area contributed by atoms with E-state index >= 15 is 0 Å². The third-order valence-electron chi connectivity index (χ3n) is 6.11. The summed E-state index contributed by atoms with van der Waals surface area (Å²) in [6.45, 7) is 12.8. The number of benzene rings is 1. The summed E-state index contributed by atoms with van der Waals surface area (Å²) in [5.41, 5.74) is 1.18. The first kappa shape index (κ1) is 22.6. The Hall–Kier alpha value is -0.723. The van der Waals surface area contributed by atoms with Gasteiger partial charge in [0.15, 0.2) is 8.32 Å². The van der Waals surface area contributed by atoms with Crippen LogP contribution >= 0.6 is 0 Å². The van der Waals surface area contributed by atoms with Crippen molar-refractivity contribution in [3.63, 3.8) is 0 Å². The van der Waals surface area contributed by atoms with Gasteiger partial charge in [-0.1, -0.05) is 51.1 Å². The molecular weight excluding hydrogens is 356 g/mol. The zero-order chi connectivity index (χ0) is 20.1. The number of rotatable bonds is 8. The van der Waals surface area contributed by atoms with E-state index in [1.165, 1.54) is 5.56 Å². The van der Waals surface area contributed by atoms with Crippen LogP contribution in [0.15, 0.2) is 30.3 Å². The van der Waals surface area contributed by atoms with E-state index < -0.39 is 8.32 Å². The van der Waals surface area contributed by atoms with E-state index in [0.717, 1.165) is 19.4 Å². The minimum atomic E-state index is -1.91. The van der Waals surface area contributed by atoms with Gasteiger partial charge in [0.1, 0.15) is 6.10 Å². The Balaban J connectivity index is 2.18. The van der Waals surface area contributed by atoms with Crippen molar-refractivity contribution in [2.75, 3.05) is 20.8 Å². The zero-order valence-corrected chi connectivity index (χ0v) is 19.2. The highest BCUT2D eigenvalue weighted by Crippen LogP contribution is 2.41. The van der Waals surface area contributed by atoms with Crippen LogP contribution in [0.4, 0.5) is 0 Å². The zero-order valence-electron chi connectivity index (χ0n) is 18.2. The summed E-state index contributed by atoms with van der Waals surface area (Å²) in [6, 6.07) is 10.3. The normalized spacial score (nSPS) is 26.9. The van der Waals surface area contributed by atoms with Gasteiger partial charge in [0.2, 0.25) is 0 Å². The molecule has 5 heteroatoms. The molecular formula is C22H38O4Si. The highest BCUT2D eigenvalue weighted by molar-refractivity contribution is 6.74. The van der Waals surface area contributed by atoms with Crippen LogP contribution < -0.4 is 0 Å². The second-order valence-electron chi connectivity index (χ2n) is 9.24. The molecule has 4 nitrogen and oxygen atoms in total. The van der Waals surface area contributed by atoms with Crippen LogP contribution in [0.1, 0.15) is 39.2 Å². The Morgan fingerprint density at radius 3 is 2.19 bits per heavy atom. The molecule has 0 aliphatic heterocycles. The maximum absolute atomic E-state index is 6.83. The van der Waals surface area contributed by atoms with E-state index in [2.05, 4.69) is 46.0 Å². The number of methoxy groups -OCH3 is 2. The third-order valence-corrected chi connectivity index (χ3v) is 10.6. The molecule has 2 rings (SSSR count). The molecule has 1 aliphatic rings. The first-order chi connectivity index (χ1) is 12.7. The SMILES string of the molecule is COC[C@@H]1C[C@@H](OC)[C@H](OCc2ccccc2)[C@H](O[Si](C)(C)C(C)(C)C)C1. The lowest BCUT2D eigenvalue weighted by Gasteiger charge is -2.46. The molecule has 1 aliphatic carbocycles. The average Bonchev–Trinajstić information content (AvgIpc) is 2.60. The van der Waals surface area contributed by atoms with Gasteiger partial charge in [0, 0.05) is 20.8 Å². The number of ether oxygens (including phenoxy) is 3. The lowest BCUT2D eigenvalue weighted by atomic mass is 9.83. The predicted octanol–water partition coefficient (Wildman–Crippen LogP) is 5.03. The summed E-state index contributed by atoms with van der Waals surface area (Å²) < 4.78 is 24.5. The fourth-order valence-corrected chi connectivity index (χ4v) is 4.86. The van der Waals surface area contributed by atoms with Crippen LogP contribution in [0.5, 0.6) is 0 Å². The first-order valence-corrected chi connectivity index (χ1v) is 12.9. The van der Waals surface area contributed by atoms with Crippen LogP contribution in [-0.4, -0.2) is 47.5 Å². The molecule has 0 N–H and O–H groups in total. The summed E-state index contributed by atoms with van der Waals surface area (Å²) in [5.74, 6) is 0.436. The van der Waals surface area contributed by atoms with Gasteiger partial charge >= 0.3 is 0 Å². The van der Waals surface area contributed by atoms with Crippen molar-refractivity contribution in [1.29, 1.82) is 0 Å². The van der Waals surface area contributed by atoms with E-state index in [1.54, 1.807) is 14.2 Å². The summed E-state index contributed by atoms with van der Waals surface area (Å²) in [7, 11) is 1.63. The minimum Gasteiger partial charge on any atom is -0.411 e. The molecule has 1 saturated carbocycles. The average molecular weight is 395 g/mol. The smallest absolute Gasteiger partial charge is 0.192 e. The van der Waals surface area contributed by atoms with Crippen LogP contribution in [0.2, 0.25) is 18.1 Å². The molecule has 1 aromatic carbocycles. The van der Waals surface area contributed by atoms with Gasteiger partial charge in [-0.15, -0.1) is 0 Å². The Morgan fingerprint density at radius 2 is 1.63 bits per heavy atom. The third kappa shape index (κ3) is 6.13. The standard InChI is InChI=1S/C22H38O4Si/c1-22(2,3)27(6,7)26-20-14-18(15-23-4)13-19(24-5)21(20)25-16-17-11-9-8-10-12-17/h8-12,18-21H,13-16H2,1-7H3/t18-,19-,20-,21+/m1/s1. The summed E-state index contributed by atoms with van der Waals surface area (Å²) in [5, 5.41) is 0.160. The topological polar surface area (TPSA) is 36.9 Å². The van der Waals surface area contributed by atoms with Crippen molar-refractivity contribution in [3.8, 4) is 0 Å². The van der Waals surface area contributed by atoms with Crippen LogP contribution in [-0.2, 0) is 25.2 Å². The molecule has 0 radical (unpaired) electrons. The molecule has 1 fully saturated rings. The monoisotopic (exact) mass is 394 g/mol. The van der Waals surface area contributed by atoms with Crippen molar-refractivity contribution in [2.45, 2.75) is 76.7 Å². The van der Waals surface area contributed by atoms with E-state index in [-0.39, 0.29) is 23.4 Å². The van der Waals surface area contributed by atoms with E-state index in [4.69, 9.17) is 18.6 Å². The second-order valence-corrected chi connectivity index (χ2v) is 14.0. The highest BCUT2D eigenvalue weighted by atomic mass is 28.4. The van der Waals surface area contributed by atoms with Crippen molar-refractivity contribution in [2.24, 2.45) is 5.92 Å². The fraction of sp³-hybridized carbons (Fsp3) is 0.727. The Bertz CT molecular complexity index is 555. The van der Waals surface area contributed by atoms with Crippen LogP contribution in [0, 0.1) is 5.92 Å². The van der Waals surface area contributed by atoms with Gasteiger partial charge < -0.3 is 18.6 Å². The van der Waals surface area contributed by atoms with Gasteiger partial charge in [-0.05, 0) is 42.5 Å². The summed E-state index contributed by atoms with van der Waals surface area (Å²) in [6.07, 6.45) is 1.91. The molecule has 0 amide bonds. The largest absolute Gasteiger partial charge is 0.411 e. The second kappa shape index (κ2) is 9.66. The first-order valence-electron chi connectivity index (χ1n) is 10.0. The summed E-state index contributed by atoms with van der Waals surface area (Å²) in [4.78, 5) is 0. The maximum Gasteiger partial charge on any atom is 0.192 e. The lowest BCUT2D eigenvalue weighted by Crippen LogP contribution is -2.54. The molecule has 0 saturated heterocycles. The van der Waals surface area contributed by atoms with Crippen LogP contribution in [0.3, 0.4) is 0 Å². The predicted molar refractivity (Wildman–Crippen MR) is 112 cm³/mol. The molecule has 4 atom stereocenters.